The largest absolute Gasteiger partial charge is 0.479 e. The molecule has 3 aromatic carbocycles. The van der Waals surface area contributed by atoms with Crippen molar-refractivity contribution in [3.8, 4) is 17.1 Å². The standard InChI is InChI=1S/C29H26O7/c1-2-34-27(31)17-21-9-6-10-23-24(30)18-26(36-28(21)23)20-12-14-22(15-13-20)35-25(29(32)33)16-11-19-7-4-3-5-8-19/h3-10,12-15,18,25H,2,11,16-17H2,1H3,(H,32,33). The number of carbonyl (C=O) groups is 2. The predicted molar refractivity (Wildman–Crippen MR) is 135 cm³/mol. The minimum Gasteiger partial charge on any atom is -0.479 e. The van der Waals surface area contributed by atoms with Gasteiger partial charge in [0.15, 0.2) is 11.5 Å². The monoisotopic (exact) mass is 486 g/mol. The summed E-state index contributed by atoms with van der Waals surface area (Å²) in [7, 11) is 0. The summed E-state index contributed by atoms with van der Waals surface area (Å²) in [6, 6.07) is 22.8. The highest BCUT2D eigenvalue weighted by atomic mass is 16.5. The zero-order chi connectivity index (χ0) is 25.5. The van der Waals surface area contributed by atoms with Gasteiger partial charge in [-0.3, -0.25) is 9.59 Å². The number of hydrogen-bond donors (Lipinski definition) is 1. The molecule has 1 unspecified atom stereocenters. The lowest BCUT2D eigenvalue weighted by molar-refractivity contribution is -0.145. The summed E-state index contributed by atoms with van der Waals surface area (Å²) in [6.45, 7) is 2.00. The zero-order valence-corrected chi connectivity index (χ0v) is 19.8. The number of esters is 1. The average Bonchev–Trinajstić information content (AvgIpc) is 2.88. The Morgan fingerprint density at radius 1 is 0.972 bits per heavy atom. The second-order valence-corrected chi connectivity index (χ2v) is 8.24. The number of carbonyl (C=O) groups excluding carboxylic acids is 1. The second-order valence-electron chi connectivity index (χ2n) is 8.24. The molecule has 0 aliphatic rings. The lowest BCUT2D eigenvalue weighted by Crippen LogP contribution is -2.27. The third kappa shape index (κ3) is 5.99. The van der Waals surface area contributed by atoms with Crippen molar-refractivity contribution >= 4 is 22.9 Å². The number of ether oxygens (including phenoxy) is 2. The first-order chi connectivity index (χ1) is 17.4. The Morgan fingerprint density at radius 3 is 2.42 bits per heavy atom. The first-order valence-electron chi connectivity index (χ1n) is 11.7. The van der Waals surface area contributed by atoms with Crippen molar-refractivity contribution in [3.05, 3.63) is 100 Å². The number of aryl methyl sites for hydroxylation is 1. The Balaban J connectivity index is 1.54. The summed E-state index contributed by atoms with van der Waals surface area (Å²) in [5.41, 5.74) is 2.32. The molecule has 1 aromatic heterocycles. The van der Waals surface area contributed by atoms with Gasteiger partial charge in [0.05, 0.1) is 18.4 Å². The van der Waals surface area contributed by atoms with Gasteiger partial charge in [0.2, 0.25) is 0 Å². The van der Waals surface area contributed by atoms with E-state index in [0.29, 0.717) is 46.4 Å². The number of carboxylic acid groups (broad SMARTS) is 1. The van der Waals surface area contributed by atoms with Crippen LogP contribution in [0.5, 0.6) is 5.75 Å². The third-order valence-electron chi connectivity index (χ3n) is 5.71. The fourth-order valence-corrected chi connectivity index (χ4v) is 3.92. The number of aliphatic carboxylic acids is 1. The lowest BCUT2D eigenvalue weighted by Gasteiger charge is -2.15. The molecule has 4 aromatic rings. The average molecular weight is 487 g/mol. The maximum atomic E-state index is 12.7. The van der Waals surface area contributed by atoms with E-state index in [-0.39, 0.29) is 18.5 Å². The molecule has 0 aliphatic carbocycles. The minimum atomic E-state index is -1.04. The molecule has 0 radical (unpaired) electrons. The summed E-state index contributed by atoms with van der Waals surface area (Å²) in [5, 5.41) is 9.97. The summed E-state index contributed by atoms with van der Waals surface area (Å²) >= 11 is 0. The molecule has 0 saturated carbocycles. The molecule has 0 amide bonds. The molecular formula is C29H26O7. The van der Waals surface area contributed by atoms with Crippen molar-refractivity contribution in [2.24, 2.45) is 0 Å². The molecule has 1 atom stereocenters. The highest BCUT2D eigenvalue weighted by molar-refractivity contribution is 5.85. The summed E-state index contributed by atoms with van der Waals surface area (Å²) in [4.78, 5) is 36.5. The van der Waals surface area contributed by atoms with Crippen molar-refractivity contribution in [1.29, 1.82) is 0 Å². The van der Waals surface area contributed by atoms with Crippen LogP contribution >= 0.6 is 0 Å². The number of fused-ring (bicyclic) bond motifs is 1. The van der Waals surface area contributed by atoms with Crippen molar-refractivity contribution in [2.75, 3.05) is 6.61 Å². The van der Waals surface area contributed by atoms with Gasteiger partial charge in [0, 0.05) is 17.2 Å². The highest BCUT2D eigenvalue weighted by Gasteiger charge is 2.20. The van der Waals surface area contributed by atoms with Crippen LogP contribution in [0.3, 0.4) is 0 Å². The molecule has 0 spiro atoms. The van der Waals surface area contributed by atoms with Crippen LogP contribution in [-0.2, 0) is 27.2 Å². The van der Waals surface area contributed by atoms with Crippen LogP contribution in [-0.4, -0.2) is 29.8 Å². The van der Waals surface area contributed by atoms with Crippen LogP contribution in [0.2, 0.25) is 0 Å². The van der Waals surface area contributed by atoms with Gasteiger partial charge in [-0.25, -0.2) is 4.79 Å². The minimum absolute atomic E-state index is 0.0100. The highest BCUT2D eigenvalue weighted by Crippen LogP contribution is 2.27. The molecule has 184 valence electrons. The van der Waals surface area contributed by atoms with E-state index in [4.69, 9.17) is 13.9 Å². The second kappa shape index (κ2) is 11.4. The molecule has 0 fully saturated rings. The van der Waals surface area contributed by atoms with Gasteiger partial charge in [0.1, 0.15) is 17.1 Å². The Bertz CT molecular complexity index is 1410. The normalized spacial score (nSPS) is 11.7. The quantitative estimate of drug-likeness (QED) is 0.314. The van der Waals surface area contributed by atoms with Crippen LogP contribution in [0.25, 0.3) is 22.3 Å². The lowest BCUT2D eigenvalue weighted by atomic mass is 10.1. The molecule has 1 heterocycles. The first kappa shape index (κ1) is 24.7. The van der Waals surface area contributed by atoms with E-state index in [1.807, 2.05) is 30.3 Å². The summed E-state index contributed by atoms with van der Waals surface area (Å²) in [5.74, 6) is -0.718. The first-order valence-corrected chi connectivity index (χ1v) is 11.7. The fourth-order valence-electron chi connectivity index (χ4n) is 3.92. The van der Waals surface area contributed by atoms with E-state index in [1.165, 1.54) is 6.07 Å². The van der Waals surface area contributed by atoms with Crippen LogP contribution in [0.1, 0.15) is 24.5 Å². The Labute approximate surface area is 207 Å². The molecule has 0 aliphatic heterocycles. The van der Waals surface area contributed by atoms with E-state index in [2.05, 4.69) is 0 Å². The zero-order valence-electron chi connectivity index (χ0n) is 19.8. The van der Waals surface area contributed by atoms with Crippen molar-refractivity contribution < 1.29 is 28.6 Å². The molecule has 0 saturated heterocycles. The molecular weight excluding hydrogens is 460 g/mol. The van der Waals surface area contributed by atoms with Crippen LogP contribution in [0, 0.1) is 0 Å². The predicted octanol–water partition coefficient (Wildman–Crippen LogP) is 5.03. The van der Waals surface area contributed by atoms with Crippen molar-refractivity contribution in [3.63, 3.8) is 0 Å². The Morgan fingerprint density at radius 2 is 1.72 bits per heavy atom. The van der Waals surface area contributed by atoms with Gasteiger partial charge in [-0.1, -0.05) is 42.5 Å². The number of hydrogen-bond acceptors (Lipinski definition) is 6. The van der Waals surface area contributed by atoms with E-state index >= 15 is 0 Å². The van der Waals surface area contributed by atoms with Crippen LogP contribution in [0.15, 0.2) is 88.1 Å². The molecule has 7 nitrogen and oxygen atoms in total. The third-order valence-corrected chi connectivity index (χ3v) is 5.71. The summed E-state index contributed by atoms with van der Waals surface area (Å²) < 4.78 is 16.8. The molecule has 0 bridgehead atoms. The van der Waals surface area contributed by atoms with E-state index in [0.717, 1.165) is 5.56 Å². The van der Waals surface area contributed by atoms with Crippen molar-refractivity contribution in [2.45, 2.75) is 32.3 Å². The Kier molecular flexibility index (Phi) is 7.80. The van der Waals surface area contributed by atoms with Gasteiger partial charge < -0.3 is 19.0 Å². The smallest absolute Gasteiger partial charge is 0.344 e. The number of para-hydroxylation sites is 1. The van der Waals surface area contributed by atoms with E-state index in [1.54, 1.807) is 49.4 Å². The topological polar surface area (TPSA) is 103 Å². The van der Waals surface area contributed by atoms with Crippen molar-refractivity contribution in [1.82, 2.24) is 0 Å². The Hall–Kier alpha value is -4.39. The van der Waals surface area contributed by atoms with Gasteiger partial charge in [0.25, 0.3) is 0 Å². The number of rotatable bonds is 10. The maximum Gasteiger partial charge on any atom is 0.344 e. The van der Waals surface area contributed by atoms with Crippen LogP contribution in [0.4, 0.5) is 0 Å². The van der Waals surface area contributed by atoms with Crippen LogP contribution < -0.4 is 10.2 Å². The van der Waals surface area contributed by atoms with E-state index < -0.39 is 18.0 Å². The molecule has 1 N–H and O–H groups in total. The molecule has 4 rings (SSSR count). The van der Waals surface area contributed by atoms with Gasteiger partial charge in [-0.05, 0) is 55.7 Å². The van der Waals surface area contributed by atoms with Gasteiger partial charge >= 0.3 is 11.9 Å². The SMILES string of the molecule is CCOC(=O)Cc1cccc2c(=O)cc(-c3ccc(OC(CCc4ccccc4)C(=O)O)cc3)oc12. The summed E-state index contributed by atoms with van der Waals surface area (Å²) in [6.07, 6.45) is -0.111. The molecule has 36 heavy (non-hydrogen) atoms. The number of carboxylic acids is 1. The van der Waals surface area contributed by atoms with Gasteiger partial charge in [-0.2, -0.15) is 0 Å². The number of benzene rings is 3. The molecule has 7 heteroatoms. The fraction of sp³-hybridized carbons (Fsp3) is 0.207. The van der Waals surface area contributed by atoms with Gasteiger partial charge in [-0.15, -0.1) is 0 Å². The van der Waals surface area contributed by atoms with E-state index in [9.17, 15) is 19.5 Å². The maximum absolute atomic E-state index is 12.7.